The molecule has 0 atom stereocenters. The first-order chi connectivity index (χ1) is 4.43. The average molecular weight is 118 g/mol. The van der Waals surface area contributed by atoms with E-state index in [1.807, 2.05) is 37.3 Å². The first-order valence-corrected chi connectivity index (χ1v) is 2.94. The van der Waals surface area contributed by atoms with Gasteiger partial charge < -0.3 is 0 Å². The Bertz CT molecular complexity index is 244. The summed E-state index contributed by atoms with van der Waals surface area (Å²) in [5.74, 6) is 0. The third-order valence-corrected chi connectivity index (χ3v) is 1.04. The highest BCUT2D eigenvalue weighted by Gasteiger charge is 1.81. The SMILES string of the molecule is C/C=C/C1=CC=C=C=C1.[HH]. The number of allylic oxidation sites excluding steroid dienone is 6. The lowest BCUT2D eigenvalue weighted by molar-refractivity contribution is 1.62. The Hall–Kier alpha value is -1.22. The van der Waals surface area contributed by atoms with Crippen LogP contribution in [0.3, 0.4) is 0 Å². The van der Waals surface area contributed by atoms with Crippen molar-refractivity contribution >= 4 is 0 Å². The van der Waals surface area contributed by atoms with E-state index in [9.17, 15) is 0 Å². The van der Waals surface area contributed by atoms with Gasteiger partial charge in [0.15, 0.2) is 0 Å². The Balaban J connectivity index is 0.000000810. The lowest BCUT2D eigenvalue weighted by Crippen LogP contribution is -1.68. The number of hydrogen-bond acceptors (Lipinski definition) is 0. The van der Waals surface area contributed by atoms with Gasteiger partial charge in [0.1, 0.15) is 0 Å². The van der Waals surface area contributed by atoms with Crippen LogP contribution in [-0.4, -0.2) is 0 Å². The molecule has 9 heavy (non-hydrogen) atoms. The molecule has 0 aliphatic heterocycles. The van der Waals surface area contributed by atoms with Crippen molar-refractivity contribution in [3.63, 3.8) is 0 Å². The third kappa shape index (κ3) is 1.62. The summed E-state index contributed by atoms with van der Waals surface area (Å²) in [7, 11) is 0. The van der Waals surface area contributed by atoms with E-state index in [1.165, 1.54) is 5.57 Å². The molecule has 1 aliphatic carbocycles. The van der Waals surface area contributed by atoms with Crippen LogP contribution in [0, 0.1) is 0 Å². The minimum absolute atomic E-state index is 0. The zero-order valence-electron chi connectivity index (χ0n) is 5.39. The molecule has 0 nitrogen and oxygen atoms in total. The van der Waals surface area contributed by atoms with Gasteiger partial charge in [0, 0.05) is 1.43 Å². The molecule has 46 valence electrons. The van der Waals surface area contributed by atoms with Crippen molar-refractivity contribution in [1.29, 1.82) is 0 Å². The second-order valence-electron chi connectivity index (χ2n) is 1.77. The fraction of sp³-hybridized carbons (Fsp3) is 0.111. The standard InChI is InChI=1S/C9H8.H2/c1-2-6-9-7-4-3-5-8-9;/h2,4,6-8H,1H3;1H/b6-2+;. The summed E-state index contributed by atoms with van der Waals surface area (Å²) >= 11 is 0. The Morgan fingerprint density at radius 1 is 1.56 bits per heavy atom. The largest absolute Gasteiger partial charge is 0.0870 e. The molecule has 0 N–H and O–H groups in total. The van der Waals surface area contributed by atoms with E-state index in [0.29, 0.717) is 0 Å². The van der Waals surface area contributed by atoms with E-state index in [-0.39, 0.29) is 1.43 Å². The molecule has 0 aromatic heterocycles. The minimum atomic E-state index is 0. The maximum atomic E-state index is 2.87. The van der Waals surface area contributed by atoms with Crippen molar-refractivity contribution in [1.82, 2.24) is 0 Å². The van der Waals surface area contributed by atoms with Crippen LogP contribution in [0.15, 0.2) is 47.4 Å². The molecule has 0 unspecified atom stereocenters. The molecule has 0 amide bonds. The van der Waals surface area contributed by atoms with Crippen LogP contribution in [0.5, 0.6) is 0 Å². The molecule has 0 aromatic carbocycles. The predicted molar refractivity (Wildman–Crippen MR) is 41.2 cm³/mol. The van der Waals surface area contributed by atoms with E-state index < -0.39 is 0 Å². The zero-order chi connectivity index (χ0) is 6.53. The summed E-state index contributed by atoms with van der Waals surface area (Å²) in [6.07, 6.45) is 9.79. The van der Waals surface area contributed by atoms with Crippen LogP contribution in [0.1, 0.15) is 8.35 Å². The molecule has 0 aromatic rings. The molecule has 0 spiro atoms. The van der Waals surface area contributed by atoms with Crippen molar-refractivity contribution in [2.45, 2.75) is 6.92 Å². The van der Waals surface area contributed by atoms with Gasteiger partial charge in [0.2, 0.25) is 0 Å². The molecule has 1 aliphatic rings. The van der Waals surface area contributed by atoms with Gasteiger partial charge in [-0.2, -0.15) is 0 Å². The highest BCUT2D eigenvalue weighted by molar-refractivity contribution is 5.35. The van der Waals surface area contributed by atoms with Crippen LogP contribution < -0.4 is 0 Å². The van der Waals surface area contributed by atoms with Gasteiger partial charge in [-0.25, -0.2) is 0 Å². The highest BCUT2D eigenvalue weighted by Crippen LogP contribution is 2.00. The molecule has 0 saturated heterocycles. The van der Waals surface area contributed by atoms with E-state index in [4.69, 9.17) is 0 Å². The molecule has 0 fully saturated rings. The Morgan fingerprint density at radius 3 is 3.00 bits per heavy atom. The van der Waals surface area contributed by atoms with Gasteiger partial charge in [0.25, 0.3) is 0 Å². The summed E-state index contributed by atoms with van der Waals surface area (Å²) in [6, 6.07) is 0. The third-order valence-electron chi connectivity index (χ3n) is 1.04. The lowest BCUT2D eigenvalue weighted by atomic mass is 10.2. The van der Waals surface area contributed by atoms with Gasteiger partial charge >= 0.3 is 0 Å². The van der Waals surface area contributed by atoms with Crippen LogP contribution in [0.4, 0.5) is 0 Å². The highest BCUT2D eigenvalue weighted by atomic mass is 13.9. The Morgan fingerprint density at radius 2 is 2.44 bits per heavy atom. The average Bonchev–Trinajstić information content (AvgIpc) is 1.91. The second-order valence-corrected chi connectivity index (χ2v) is 1.77. The molecular formula is C9H10. The van der Waals surface area contributed by atoms with E-state index >= 15 is 0 Å². The normalized spacial score (nSPS) is 15.0. The van der Waals surface area contributed by atoms with Crippen LogP contribution in [0.25, 0.3) is 0 Å². The molecule has 0 heteroatoms. The van der Waals surface area contributed by atoms with E-state index in [1.54, 1.807) is 0 Å². The first kappa shape index (κ1) is 5.91. The van der Waals surface area contributed by atoms with Crippen molar-refractivity contribution < 1.29 is 1.43 Å². The van der Waals surface area contributed by atoms with Crippen molar-refractivity contribution in [3.8, 4) is 0 Å². The van der Waals surface area contributed by atoms with E-state index in [2.05, 4.69) is 11.5 Å². The summed E-state index contributed by atoms with van der Waals surface area (Å²) in [6.45, 7) is 2.00. The van der Waals surface area contributed by atoms with Crippen LogP contribution >= 0.6 is 0 Å². The topological polar surface area (TPSA) is 0 Å². The first-order valence-electron chi connectivity index (χ1n) is 2.94. The van der Waals surface area contributed by atoms with Gasteiger partial charge in [-0.1, -0.05) is 23.6 Å². The summed E-state index contributed by atoms with van der Waals surface area (Å²) in [5, 5.41) is 0. The van der Waals surface area contributed by atoms with Crippen molar-refractivity contribution in [2.75, 3.05) is 0 Å². The van der Waals surface area contributed by atoms with Gasteiger partial charge in [-0.05, 0) is 30.7 Å². The molecule has 0 saturated carbocycles. The molecule has 0 bridgehead atoms. The maximum absolute atomic E-state index is 2.87. The second kappa shape index (κ2) is 2.94. The number of hydrogen-bond donors (Lipinski definition) is 0. The van der Waals surface area contributed by atoms with Crippen LogP contribution in [0.2, 0.25) is 0 Å². The lowest BCUT2D eigenvalue weighted by Gasteiger charge is -1.87. The zero-order valence-corrected chi connectivity index (χ0v) is 5.39. The molecule has 0 heterocycles. The molecule has 0 radical (unpaired) electrons. The molecular weight excluding hydrogens is 108 g/mol. The summed E-state index contributed by atoms with van der Waals surface area (Å²) in [5.41, 5.74) is 6.88. The quantitative estimate of drug-likeness (QED) is 0.464. The summed E-state index contributed by atoms with van der Waals surface area (Å²) < 4.78 is 0. The van der Waals surface area contributed by atoms with Gasteiger partial charge in [-0.15, -0.1) is 0 Å². The maximum Gasteiger partial charge on any atom is 0 e. The van der Waals surface area contributed by atoms with Gasteiger partial charge in [-0.3, -0.25) is 0 Å². The monoisotopic (exact) mass is 118 g/mol. The smallest absolute Gasteiger partial charge is 0 e. The predicted octanol–water partition coefficient (Wildman–Crippen LogP) is 2.61. The van der Waals surface area contributed by atoms with Crippen molar-refractivity contribution in [3.05, 3.63) is 47.4 Å². The van der Waals surface area contributed by atoms with Crippen LogP contribution in [-0.2, 0) is 0 Å². The minimum Gasteiger partial charge on any atom is -0.0870 e. The summed E-state index contributed by atoms with van der Waals surface area (Å²) in [4.78, 5) is 0. The van der Waals surface area contributed by atoms with Gasteiger partial charge in [0.05, 0.1) is 0 Å². The fourth-order valence-corrected chi connectivity index (χ4v) is 0.655. The van der Waals surface area contributed by atoms with Crippen molar-refractivity contribution in [2.24, 2.45) is 0 Å². The fourth-order valence-electron chi connectivity index (χ4n) is 0.655. The molecule has 1 rings (SSSR count). The Labute approximate surface area is 56.7 Å². The number of rotatable bonds is 1. The Kier molecular flexibility index (Phi) is 1.93. The van der Waals surface area contributed by atoms with E-state index in [0.717, 1.165) is 0 Å².